The number of hydrogen-bond acceptors (Lipinski definition) is 6. The minimum Gasteiger partial charge on any atom is -0.449 e. The van der Waals surface area contributed by atoms with Gasteiger partial charge >= 0.3 is 0 Å². The Kier molecular flexibility index (Phi) is 2.95. The second-order valence-corrected chi connectivity index (χ2v) is 5.89. The molecule has 0 amide bonds. The average Bonchev–Trinajstić information content (AvgIpc) is 3.14. The molecule has 0 saturated carbocycles. The zero-order chi connectivity index (χ0) is 15.3. The molecule has 0 aliphatic rings. The van der Waals surface area contributed by atoms with Crippen LogP contribution in [0.15, 0.2) is 28.9 Å². The summed E-state index contributed by atoms with van der Waals surface area (Å²) >= 11 is 7.06. The van der Waals surface area contributed by atoms with Crippen LogP contribution in [0, 0.1) is 12.7 Å². The minimum absolute atomic E-state index is 0.282. The molecule has 0 unspecified atom stereocenters. The topological polar surface area (TPSA) is 69.1 Å². The van der Waals surface area contributed by atoms with Gasteiger partial charge in [0.15, 0.2) is 16.7 Å². The molecule has 110 valence electrons. The summed E-state index contributed by atoms with van der Waals surface area (Å²) < 4.78 is 20.7. The average molecular weight is 336 g/mol. The first kappa shape index (κ1) is 13.4. The number of rotatable bonds is 2. The minimum atomic E-state index is -0.478. The Morgan fingerprint density at radius 2 is 2.18 bits per heavy atom. The van der Waals surface area contributed by atoms with E-state index in [0.29, 0.717) is 32.4 Å². The van der Waals surface area contributed by atoms with Crippen molar-refractivity contribution < 1.29 is 8.81 Å². The number of aryl methyl sites for hydroxylation is 1. The van der Waals surface area contributed by atoms with E-state index in [-0.39, 0.29) is 5.56 Å². The third-order valence-electron chi connectivity index (χ3n) is 3.00. The molecule has 0 spiro atoms. The molecule has 4 aromatic rings. The molecule has 0 bridgehead atoms. The van der Waals surface area contributed by atoms with Crippen molar-refractivity contribution in [2.75, 3.05) is 0 Å². The normalized spacial score (nSPS) is 11.4. The summed E-state index contributed by atoms with van der Waals surface area (Å²) in [6.07, 6.45) is 1.52. The summed E-state index contributed by atoms with van der Waals surface area (Å²) in [4.78, 5) is 4.76. The molecule has 0 radical (unpaired) electrons. The van der Waals surface area contributed by atoms with E-state index in [4.69, 9.17) is 16.0 Å². The fourth-order valence-corrected chi connectivity index (χ4v) is 2.97. The number of aromatic nitrogens is 5. The molecule has 6 nitrogen and oxygen atoms in total. The molecule has 0 fully saturated rings. The highest BCUT2D eigenvalue weighted by molar-refractivity contribution is 7.19. The van der Waals surface area contributed by atoms with Crippen molar-refractivity contribution >= 4 is 27.9 Å². The fraction of sp³-hybridized carbons (Fsp3) is 0.0769. The fourth-order valence-electron chi connectivity index (χ4n) is 2.02. The highest BCUT2D eigenvalue weighted by Gasteiger charge is 2.18. The van der Waals surface area contributed by atoms with Crippen molar-refractivity contribution in [1.82, 2.24) is 24.8 Å². The Morgan fingerprint density at radius 1 is 1.32 bits per heavy atom. The van der Waals surface area contributed by atoms with Crippen LogP contribution in [-0.2, 0) is 0 Å². The predicted molar refractivity (Wildman–Crippen MR) is 79.3 cm³/mol. The van der Waals surface area contributed by atoms with Crippen LogP contribution in [0.5, 0.6) is 0 Å². The molecule has 0 saturated heterocycles. The molecule has 3 aromatic heterocycles. The zero-order valence-corrected chi connectivity index (χ0v) is 12.7. The van der Waals surface area contributed by atoms with Gasteiger partial charge in [0.05, 0.1) is 5.56 Å². The van der Waals surface area contributed by atoms with E-state index in [0.717, 1.165) is 0 Å². The van der Waals surface area contributed by atoms with Crippen molar-refractivity contribution in [3.63, 3.8) is 0 Å². The Labute approximate surface area is 132 Å². The number of hydrogen-bond donors (Lipinski definition) is 0. The van der Waals surface area contributed by atoms with E-state index in [1.54, 1.807) is 19.1 Å². The maximum atomic E-state index is 14.1. The molecule has 22 heavy (non-hydrogen) atoms. The molecule has 3 heterocycles. The molecule has 0 atom stereocenters. The summed E-state index contributed by atoms with van der Waals surface area (Å²) in [6, 6.07) is 4.37. The Morgan fingerprint density at radius 3 is 2.91 bits per heavy atom. The summed E-state index contributed by atoms with van der Waals surface area (Å²) in [5, 5.41) is 13.3. The monoisotopic (exact) mass is 335 g/mol. The SMILES string of the molecule is Cc1nc(-c2nn3c(-c4ccc(Cl)cc4F)nnc3s2)co1. The van der Waals surface area contributed by atoms with E-state index >= 15 is 0 Å². The summed E-state index contributed by atoms with van der Waals surface area (Å²) in [5.41, 5.74) is 0.889. The van der Waals surface area contributed by atoms with Crippen LogP contribution >= 0.6 is 22.9 Å². The first-order valence-electron chi connectivity index (χ1n) is 6.22. The van der Waals surface area contributed by atoms with Crippen molar-refractivity contribution in [3.8, 4) is 22.1 Å². The highest BCUT2D eigenvalue weighted by Crippen LogP contribution is 2.29. The van der Waals surface area contributed by atoms with Crippen LogP contribution in [0.3, 0.4) is 0 Å². The molecule has 9 heteroatoms. The van der Waals surface area contributed by atoms with Gasteiger partial charge in [-0.05, 0) is 18.2 Å². The lowest BCUT2D eigenvalue weighted by atomic mass is 10.2. The zero-order valence-electron chi connectivity index (χ0n) is 11.1. The Hall–Kier alpha value is -2.32. The molecular weight excluding hydrogens is 329 g/mol. The molecule has 4 rings (SSSR count). The third-order valence-corrected chi connectivity index (χ3v) is 4.16. The number of halogens is 2. The number of nitrogens with zero attached hydrogens (tertiary/aromatic N) is 5. The van der Waals surface area contributed by atoms with Gasteiger partial charge in [0.25, 0.3) is 0 Å². The standard InChI is InChI=1S/C13H7ClFN5OS/c1-6-16-10(5-21-6)12-19-20-11(17-18-13(20)22-12)8-3-2-7(14)4-9(8)15/h2-5H,1H3. The first-order valence-corrected chi connectivity index (χ1v) is 7.41. The van der Waals surface area contributed by atoms with Gasteiger partial charge in [-0.2, -0.15) is 9.61 Å². The van der Waals surface area contributed by atoms with Crippen molar-refractivity contribution in [3.05, 3.63) is 41.2 Å². The predicted octanol–water partition coefficient (Wildman–Crippen LogP) is 3.61. The van der Waals surface area contributed by atoms with Gasteiger partial charge in [-0.25, -0.2) is 9.37 Å². The van der Waals surface area contributed by atoms with Gasteiger partial charge in [-0.15, -0.1) is 10.2 Å². The summed E-state index contributed by atoms with van der Waals surface area (Å²) in [7, 11) is 0. The van der Waals surface area contributed by atoms with Gasteiger partial charge in [0, 0.05) is 11.9 Å². The van der Waals surface area contributed by atoms with E-state index in [1.807, 2.05) is 0 Å². The lowest BCUT2D eigenvalue weighted by molar-refractivity contribution is 0.521. The van der Waals surface area contributed by atoms with E-state index in [9.17, 15) is 4.39 Å². The first-order chi connectivity index (χ1) is 10.6. The van der Waals surface area contributed by atoms with Gasteiger partial charge < -0.3 is 4.42 Å². The molecule has 0 N–H and O–H groups in total. The number of benzene rings is 1. The maximum absolute atomic E-state index is 14.1. The van der Waals surface area contributed by atoms with E-state index < -0.39 is 5.82 Å². The second-order valence-electron chi connectivity index (χ2n) is 4.50. The Balaban J connectivity index is 1.87. The van der Waals surface area contributed by atoms with Gasteiger partial charge in [-0.3, -0.25) is 0 Å². The van der Waals surface area contributed by atoms with Crippen molar-refractivity contribution in [2.45, 2.75) is 6.92 Å². The molecule has 0 aliphatic carbocycles. The lowest BCUT2D eigenvalue weighted by Crippen LogP contribution is -1.93. The molecular formula is C13H7ClFN5OS. The highest BCUT2D eigenvalue weighted by atomic mass is 35.5. The number of oxazole rings is 1. The number of fused-ring (bicyclic) bond motifs is 1. The molecule has 0 aliphatic heterocycles. The van der Waals surface area contributed by atoms with Gasteiger partial charge in [0.1, 0.15) is 17.8 Å². The van der Waals surface area contributed by atoms with Crippen LogP contribution < -0.4 is 0 Å². The van der Waals surface area contributed by atoms with Gasteiger partial charge in [0.2, 0.25) is 4.96 Å². The van der Waals surface area contributed by atoms with Gasteiger partial charge in [-0.1, -0.05) is 22.9 Å². The summed E-state index contributed by atoms with van der Waals surface area (Å²) in [5.74, 6) is 0.380. The molecule has 1 aromatic carbocycles. The quantitative estimate of drug-likeness (QED) is 0.559. The smallest absolute Gasteiger partial charge is 0.235 e. The Bertz CT molecular complexity index is 992. The van der Waals surface area contributed by atoms with Crippen LogP contribution in [-0.4, -0.2) is 24.8 Å². The van der Waals surface area contributed by atoms with Crippen LogP contribution in [0.1, 0.15) is 5.89 Å². The lowest BCUT2D eigenvalue weighted by Gasteiger charge is -1.99. The van der Waals surface area contributed by atoms with Crippen LogP contribution in [0.2, 0.25) is 5.02 Å². The van der Waals surface area contributed by atoms with E-state index in [1.165, 1.54) is 28.2 Å². The van der Waals surface area contributed by atoms with E-state index in [2.05, 4.69) is 20.3 Å². The van der Waals surface area contributed by atoms with Crippen LogP contribution in [0.25, 0.3) is 27.1 Å². The second kappa shape index (κ2) is 4.85. The summed E-state index contributed by atoms with van der Waals surface area (Å²) in [6.45, 7) is 1.75. The van der Waals surface area contributed by atoms with Crippen molar-refractivity contribution in [2.24, 2.45) is 0 Å². The largest absolute Gasteiger partial charge is 0.449 e. The maximum Gasteiger partial charge on any atom is 0.235 e. The van der Waals surface area contributed by atoms with Crippen molar-refractivity contribution in [1.29, 1.82) is 0 Å². The van der Waals surface area contributed by atoms with Crippen LogP contribution in [0.4, 0.5) is 4.39 Å². The third kappa shape index (κ3) is 2.08.